The van der Waals surface area contributed by atoms with E-state index < -0.39 is 0 Å². The first kappa shape index (κ1) is 18.0. The van der Waals surface area contributed by atoms with Crippen molar-refractivity contribution in [1.82, 2.24) is 10.2 Å². The smallest absolute Gasteiger partial charge is 0.244 e. The molecule has 0 saturated carbocycles. The number of hydrogen-bond acceptors (Lipinski definition) is 3. The first-order valence-corrected chi connectivity index (χ1v) is 8.32. The fourth-order valence-corrected chi connectivity index (χ4v) is 2.85. The van der Waals surface area contributed by atoms with E-state index in [4.69, 9.17) is 16.9 Å². The lowest BCUT2D eigenvalue weighted by Crippen LogP contribution is -2.41. The Kier molecular flexibility index (Phi) is 6.83. The average molecular weight is 346 g/mol. The number of carbonyl (C=O) groups excluding carboxylic acids is 2. The molecule has 1 aliphatic rings. The SMILES string of the molecule is N#CCC(=O)N1CCC(CNC(=O)/C=C/c2cccc(Cl)c2)CC1. The summed E-state index contributed by atoms with van der Waals surface area (Å²) in [6.07, 6.45) is 4.85. The fourth-order valence-electron chi connectivity index (χ4n) is 2.65. The summed E-state index contributed by atoms with van der Waals surface area (Å²) in [7, 11) is 0. The second-order valence-electron chi connectivity index (χ2n) is 5.79. The Labute approximate surface area is 146 Å². The van der Waals surface area contributed by atoms with E-state index in [0.717, 1.165) is 18.4 Å². The number of piperidine rings is 1. The molecule has 5 nitrogen and oxygen atoms in total. The molecule has 24 heavy (non-hydrogen) atoms. The Bertz CT molecular complexity index is 658. The zero-order valence-electron chi connectivity index (χ0n) is 13.4. The largest absolute Gasteiger partial charge is 0.352 e. The molecule has 2 amide bonds. The van der Waals surface area contributed by atoms with Gasteiger partial charge in [-0.15, -0.1) is 0 Å². The third kappa shape index (κ3) is 5.71. The van der Waals surface area contributed by atoms with Gasteiger partial charge < -0.3 is 10.2 Å². The molecular weight excluding hydrogens is 326 g/mol. The van der Waals surface area contributed by atoms with Crippen LogP contribution in [0.5, 0.6) is 0 Å². The van der Waals surface area contributed by atoms with Gasteiger partial charge >= 0.3 is 0 Å². The fraction of sp³-hybridized carbons (Fsp3) is 0.389. The number of carbonyl (C=O) groups is 2. The summed E-state index contributed by atoms with van der Waals surface area (Å²) < 4.78 is 0. The van der Waals surface area contributed by atoms with Crippen LogP contribution in [0.25, 0.3) is 6.08 Å². The van der Waals surface area contributed by atoms with Crippen molar-refractivity contribution in [3.8, 4) is 6.07 Å². The third-order valence-electron chi connectivity index (χ3n) is 4.04. The first-order valence-electron chi connectivity index (χ1n) is 7.94. The molecule has 1 aromatic carbocycles. The zero-order chi connectivity index (χ0) is 17.4. The minimum atomic E-state index is -0.141. The highest BCUT2D eigenvalue weighted by molar-refractivity contribution is 6.30. The summed E-state index contributed by atoms with van der Waals surface area (Å²) in [5.41, 5.74) is 0.877. The molecule has 1 N–H and O–H groups in total. The van der Waals surface area contributed by atoms with Crippen molar-refractivity contribution in [2.75, 3.05) is 19.6 Å². The van der Waals surface area contributed by atoms with E-state index in [1.807, 2.05) is 18.2 Å². The summed E-state index contributed by atoms with van der Waals surface area (Å²) >= 11 is 5.90. The summed E-state index contributed by atoms with van der Waals surface area (Å²) in [5, 5.41) is 12.1. The van der Waals surface area contributed by atoms with Crippen molar-refractivity contribution in [1.29, 1.82) is 5.26 Å². The predicted molar refractivity (Wildman–Crippen MR) is 93.0 cm³/mol. The average Bonchev–Trinajstić information content (AvgIpc) is 2.59. The zero-order valence-corrected chi connectivity index (χ0v) is 14.1. The second kappa shape index (κ2) is 9.09. The van der Waals surface area contributed by atoms with Crippen molar-refractivity contribution in [3.05, 3.63) is 40.9 Å². The predicted octanol–water partition coefficient (Wildman–Crippen LogP) is 2.62. The van der Waals surface area contributed by atoms with Gasteiger partial charge in [0.1, 0.15) is 6.42 Å². The monoisotopic (exact) mass is 345 g/mol. The standard InChI is InChI=1S/C18H20ClN3O2/c19-16-3-1-2-14(12-16)4-5-17(23)21-13-15-7-10-22(11-8-15)18(24)6-9-20/h1-5,12,15H,6-8,10-11,13H2,(H,21,23)/b5-4+. The maximum absolute atomic E-state index is 11.9. The number of benzene rings is 1. The van der Waals surface area contributed by atoms with E-state index in [-0.39, 0.29) is 18.2 Å². The Morgan fingerprint density at radius 2 is 2.12 bits per heavy atom. The van der Waals surface area contributed by atoms with Gasteiger partial charge in [0.05, 0.1) is 6.07 Å². The molecule has 1 fully saturated rings. The van der Waals surface area contributed by atoms with Crippen molar-refractivity contribution in [2.45, 2.75) is 19.3 Å². The molecule has 0 aliphatic carbocycles. The lowest BCUT2D eigenvalue weighted by atomic mass is 9.96. The molecular formula is C18H20ClN3O2. The van der Waals surface area contributed by atoms with Crippen molar-refractivity contribution < 1.29 is 9.59 Å². The summed E-state index contributed by atoms with van der Waals surface area (Å²) in [5.74, 6) is 0.113. The molecule has 2 rings (SSSR count). The minimum Gasteiger partial charge on any atom is -0.352 e. The maximum Gasteiger partial charge on any atom is 0.244 e. The Morgan fingerprint density at radius 3 is 2.79 bits per heavy atom. The van der Waals surface area contributed by atoms with Gasteiger partial charge in [-0.2, -0.15) is 5.26 Å². The number of rotatable bonds is 5. The van der Waals surface area contributed by atoms with E-state index in [9.17, 15) is 9.59 Å². The summed E-state index contributed by atoms with van der Waals surface area (Å²) in [6.45, 7) is 1.90. The van der Waals surface area contributed by atoms with Crippen LogP contribution in [0.3, 0.4) is 0 Å². The van der Waals surface area contributed by atoms with E-state index in [2.05, 4.69) is 5.32 Å². The molecule has 1 saturated heterocycles. The van der Waals surface area contributed by atoms with E-state index >= 15 is 0 Å². The molecule has 1 aliphatic heterocycles. The highest BCUT2D eigenvalue weighted by Gasteiger charge is 2.22. The number of halogens is 1. The summed E-state index contributed by atoms with van der Waals surface area (Å²) in [4.78, 5) is 25.2. The van der Waals surface area contributed by atoms with Crippen LogP contribution in [0.2, 0.25) is 5.02 Å². The Hall–Kier alpha value is -2.32. The Balaban J connectivity index is 1.71. The van der Waals surface area contributed by atoms with Crippen LogP contribution in [0.4, 0.5) is 0 Å². The summed E-state index contributed by atoms with van der Waals surface area (Å²) in [6, 6.07) is 9.17. The van der Waals surface area contributed by atoms with Gasteiger partial charge in [-0.3, -0.25) is 9.59 Å². The lowest BCUT2D eigenvalue weighted by Gasteiger charge is -2.31. The van der Waals surface area contributed by atoms with Gasteiger partial charge in [0.2, 0.25) is 11.8 Å². The molecule has 0 unspecified atom stereocenters. The highest BCUT2D eigenvalue weighted by atomic mass is 35.5. The van der Waals surface area contributed by atoms with Crippen LogP contribution in [0.15, 0.2) is 30.3 Å². The maximum atomic E-state index is 11.9. The van der Waals surface area contributed by atoms with Crippen molar-refractivity contribution in [3.63, 3.8) is 0 Å². The van der Waals surface area contributed by atoms with Crippen LogP contribution in [0.1, 0.15) is 24.8 Å². The molecule has 0 bridgehead atoms. The van der Waals surface area contributed by atoms with Gasteiger partial charge in [-0.05, 0) is 42.5 Å². The minimum absolute atomic E-state index is 0.0598. The number of likely N-dealkylation sites (tertiary alicyclic amines) is 1. The highest BCUT2D eigenvalue weighted by Crippen LogP contribution is 2.17. The normalized spacial score (nSPS) is 15.2. The first-order chi connectivity index (χ1) is 11.6. The van der Waals surface area contributed by atoms with Gasteiger partial charge in [0.25, 0.3) is 0 Å². The van der Waals surface area contributed by atoms with Crippen LogP contribution in [0, 0.1) is 17.2 Å². The number of nitrogens with zero attached hydrogens (tertiary/aromatic N) is 2. The van der Waals surface area contributed by atoms with Gasteiger partial charge in [-0.25, -0.2) is 0 Å². The van der Waals surface area contributed by atoms with Crippen LogP contribution in [-0.4, -0.2) is 36.3 Å². The van der Waals surface area contributed by atoms with Crippen LogP contribution in [-0.2, 0) is 9.59 Å². The third-order valence-corrected chi connectivity index (χ3v) is 4.27. The van der Waals surface area contributed by atoms with E-state index in [1.54, 1.807) is 23.1 Å². The molecule has 1 heterocycles. The number of amides is 2. The van der Waals surface area contributed by atoms with Gasteiger partial charge in [0.15, 0.2) is 0 Å². The van der Waals surface area contributed by atoms with Crippen LogP contribution < -0.4 is 5.32 Å². The van der Waals surface area contributed by atoms with E-state index in [0.29, 0.717) is 30.6 Å². The topological polar surface area (TPSA) is 73.2 Å². The molecule has 0 atom stereocenters. The Morgan fingerprint density at radius 1 is 1.38 bits per heavy atom. The van der Waals surface area contributed by atoms with Crippen molar-refractivity contribution >= 4 is 29.5 Å². The van der Waals surface area contributed by atoms with Crippen molar-refractivity contribution in [2.24, 2.45) is 5.92 Å². The lowest BCUT2D eigenvalue weighted by molar-refractivity contribution is -0.131. The van der Waals surface area contributed by atoms with Gasteiger partial charge in [0, 0.05) is 30.7 Å². The number of nitrogens with one attached hydrogen (secondary N) is 1. The van der Waals surface area contributed by atoms with Gasteiger partial charge in [-0.1, -0.05) is 23.7 Å². The second-order valence-corrected chi connectivity index (χ2v) is 6.23. The van der Waals surface area contributed by atoms with E-state index in [1.165, 1.54) is 6.08 Å². The number of nitriles is 1. The molecule has 1 aromatic rings. The molecule has 0 spiro atoms. The van der Waals surface area contributed by atoms with Crippen LogP contribution >= 0.6 is 11.6 Å². The molecule has 0 radical (unpaired) electrons. The molecule has 126 valence electrons. The number of hydrogen-bond donors (Lipinski definition) is 1. The quantitative estimate of drug-likeness (QED) is 0.834. The molecule has 0 aromatic heterocycles. The molecule has 6 heteroatoms.